The third kappa shape index (κ3) is 3.39. The molecule has 0 bridgehead atoms. The summed E-state index contributed by atoms with van der Waals surface area (Å²) in [5, 5.41) is 9.49. The lowest BCUT2D eigenvalue weighted by atomic mass is 10.1. The molecule has 0 atom stereocenters. The number of aromatic nitrogens is 3. The molecule has 3 heterocycles. The number of nitriles is 1. The predicted octanol–water partition coefficient (Wildman–Crippen LogP) is 1.25. The molecule has 1 aliphatic rings. The van der Waals surface area contributed by atoms with Crippen molar-refractivity contribution in [3.8, 4) is 6.07 Å². The van der Waals surface area contributed by atoms with Crippen molar-refractivity contribution >= 4 is 26.7 Å². The zero-order valence-corrected chi connectivity index (χ0v) is 16.9. The van der Waals surface area contributed by atoms with Crippen LogP contribution in [0.15, 0.2) is 34.0 Å². The van der Waals surface area contributed by atoms with Crippen LogP contribution < -0.4 is 10.6 Å². The summed E-state index contributed by atoms with van der Waals surface area (Å²) in [6.07, 6.45) is 0. The number of fused-ring (bicyclic) bond motifs is 1. The SMILES string of the molecule is Cc1cc(N2CCN(S(=O)(=O)c3ccc4[nH]c(=O)[nH]c4c3)CC2)c(C#N)c(C)n1. The minimum atomic E-state index is -3.69. The Balaban J connectivity index is 1.57. The molecule has 2 N–H and O–H groups in total. The molecule has 1 aromatic carbocycles. The summed E-state index contributed by atoms with van der Waals surface area (Å²) >= 11 is 0. The van der Waals surface area contributed by atoms with Gasteiger partial charge < -0.3 is 14.9 Å². The molecular formula is C19H20N6O3S. The zero-order valence-electron chi connectivity index (χ0n) is 16.1. The lowest BCUT2D eigenvalue weighted by Gasteiger charge is -2.36. The highest BCUT2D eigenvalue weighted by Crippen LogP contribution is 2.26. The van der Waals surface area contributed by atoms with Gasteiger partial charge in [0, 0.05) is 31.9 Å². The first-order valence-electron chi connectivity index (χ1n) is 9.15. The number of hydrogen-bond acceptors (Lipinski definition) is 6. The molecule has 0 aliphatic carbocycles. The Hall–Kier alpha value is -3.16. The van der Waals surface area contributed by atoms with Crippen molar-refractivity contribution in [3.05, 3.63) is 51.7 Å². The minimum Gasteiger partial charge on any atom is -0.368 e. The Morgan fingerprint density at radius 3 is 2.45 bits per heavy atom. The summed E-state index contributed by atoms with van der Waals surface area (Å²) in [6, 6.07) is 8.62. The van der Waals surface area contributed by atoms with Crippen molar-refractivity contribution in [1.29, 1.82) is 5.26 Å². The number of anilines is 1. The number of H-pyrrole nitrogens is 2. The minimum absolute atomic E-state index is 0.141. The number of nitrogens with zero attached hydrogens (tertiary/aromatic N) is 4. The molecule has 1 aliphatic heterocycles. The fraction of sp³-hybridized carbons (Fsp3) is 0.316. The van der Waals surface area contributed by atoms with Crippen LogP contribution in [0, 0.1) is 25.2 Å². The summed E-state index contributed by atoms with van der Waals surface area (Å²) < 4.78 is 27.5. The number of pyridine rings is 1. The molecule has 3 aromatic rings. The van der Waals surface area contributed by atoms with Gasteiger partial charge in [-0.25, -0.2) is 13.2 Å². The van der Waals surface area contributed by atoms with Crippen molar-refractivity contribution in [2.75, 3.05) is 31.1 Å². The first-order chi connectivity index (χ1) is 13.8. The second-order valence-corrected chi connectivity index (χ2v) is 8.97. The smallest absolute Gasteiger partial charge is 0.323 e. The third-order valence-corrected chi connectivity index (χ3v) is 7.02. The van der Waals surface area contributed by atoms with E-state index in [1.165, 1.54) is 16.4 Å². The Morgan fingerprint density at radius 1 is 1.07 bits per heavy atom. The fourth-order valence-corrected chi connectivity index (χ4v) is 5.14. The van der Waals surface area contributed by atoms with Crippen LogP contribution in [0.3, 0.4) is 0 Å². The summed E-state index contributed by atoms with van der Waals surface area (Å²) in [6.45, 7) is 5.22. The first-order valence-corrected chi connectivity index (χ1v) is 10.6. The van der Waals surface area contributed by atoms with Crippen molar-refractivity contribution in [2.45, 2.75) is 18.7 Å². The maximum atomic E-state index is 13.1. The van der Waals surface area contributed by atoms with Crippen LogP contribution in [0.4, 0.5) is 5.69 Å². The maximum Gasteiger partial charge on any atom is 0.323 e. The van der Waals surface area contributed by atoms with E-state index >= 15 is 0 Å². The summed E-state index contributed by atoms with van der Waals surface area (Å²) in [5.74, 6) is 0. The molecule has 1 saturated heterocycles. The Morgan fingerprint density at radius 2 is 1.76 bits per heavy atom. The van der Waals surface area contributed by atoms with Crippen molar-refractivity contribution < 1.29 is 8.42 Å². The molecule has 0 unspecified atom stereocenters. The largest absolute Gasteiger partial charge is 0.368 e. The number of hydrogen-bond donors (Lipinski definition) is 2. The van der Waals surface area contributed by atoms with E-state index in [-0.39, 0.29) is 10.6 Å². The van der Waals surface area contributed by atoms with E-state index in [9.17, 15) is 18.5 Å². The first kappa shape index (κ1) is 19.2. The van der Waals surface area contributed by atoms with Gasteiger partial charge in [0.25, 0.3) is 0 Å². The number of piperazine rings is 1. The van der Waals surface area contributed by atoms with Crippen molar-refractivity contribution in [3.63, 3.8) is 0 Å². The van der Waals surface area contributed by atoms with Gasteiger partial charge >= 0.3 is 5.69 Å². The highest BCUT2D eigenvalue weighted by Gasteiger charge is 2.30. The Labute approximate surface area is 167 Å². The highest BCUT2D eigenvalue weighted by atomic mass is 32.2. The van der Waals surface area contributed by atoms with E-state index in [0.717, 1.165) is 11.4 Å². The average Bonchev–Trinajstić information content (AvgIpc) is 3.06. The van der Waals surface area contributed by atoms with Crippen LogP contribution in [0.25, 0.3) is 11.0 Å². The normalized spacial score (nSPS) is 15.6. The molecular weight excluding hydrogens is 392 g/mol. The van der Waals surface area contributed by atoms with Gasteiger partial charge in [0.05, 0.1) is 32.9 Å². The number of rotatable bonds is 3. The molecule has 4 rings (SSSR count). The van der Waals surface area contributed by atoms with Crippen molar-refractivity contribution in [2.24, 2.45) is 0 Å². The lowest BCUT2D eigenvalue weighted by Crippen LogP contribution is -2.49. The van der Waals surface area contributed by atoms with Gasteiger partial charge in [-0.05, 0) is 38.1 Å². The quantitative estimate of drug-likeness (QED) is 0.667. The van der Waals surface area contributed by atoms with E-state index in [1.54, 1.807) is 13.0 Å². The van der Waals surface area contributed by atoms with E-state index in [1.807, 2.05) is 17.9 Å². The van der Waals surface area contributed by atoms with Crippen LogP contribution in [-0.2, 0) is 10.0 Å². The second kappa shape index (κ2) is 7.02. The molecule has 29 heavy (non-hydrogen) atoms. The highest BCUT2D eigenvalue weighted by molar-refractivity contribution is 7.89. The summed E-state index contributed by atoms with van der Waals surface area (Å²) in [4.78, 5) is 23.1. The predicted molar refractivity (Wildman–Crippen MR) is 108 cm³/mol. The Bertz CT molecular complexity index is 1290. The molecule has 150 valence electrons. The topological polar surface area (TPSA) is 126 Å². The van der Waals surface area contributed by atoms with E-state index < -0.39 is 10.0 Å². The average molecular weight is 412 g/mol. The maximum absolute atomic E-state index is 13.1. The standard InChI is InChI=1S/C19H20N6O3S/c1-12-9-18(15(11-20)13(2)21-12)24-5-7-25(8-6-24)29(27,28)14-3-4-16-17(10-14)23-19(26)22-16/h3-4,9-10H,5-8H2,1-2H3,(H2,22,23,26). The van der Waals surface area contributed by atoms with Crippen LogP contribution in [-0.4, -0.2) is 53.9 Å². The molecule has 9 nitrogen and oxygen atoms in total. The molecule has 1 fully saturated rings. The van der Waals surface area contributed by atoms with Gasteiger partial charge in [-0.15, -0.1) is 0 Å². The molecule has 0 amide bonds. The number of aryl methyl sites for hydroxylation is 2. The van der Waals surface area contributed by atoms with Crippen LogP contribution in [0.2, 0.25) is 0 Å². The zero-order chi connectivity index (χ0) is 20.8. The number of nitrogens with one attached hydrogen (secondary N) is 2. The monoisotopic (exact) mass is 412 g/mol. The molecule has 2 aromatic heterocycles. The van der Waals surface area contributed by atoms with Gasteiger partial charge in [-0.3, -0.25) is 4.98 Å². The molecule has 0 radical (unpaired) electrons. The fourth-order valence-electron chi connectivity index (χ4n) is 3.69. The van der Waals surface area contributed by atoms with Gasteiger partial charge in [0.2, 0.25) is 10.0 Å². The number of aromatic amines is 2. The van der Waals surface area contributed by atoms with Gasteiger partial charge in [-0.1, -0.05) is 0 Å². The molecule has 10 heteroatoms. The van der Waals surface area contributed by atoms with Gasteiger partial charge in [-0.2, -0.15) is 9.57 Å². The second-order valence-electron chi connectivity index (χ2n) is 7.03. The number of imidazole rings is 1. The van der Waals surface area contributed by atoms with E-state index in [4.69, 9.17) is 0 Å². The van der Waals surface area contributed by atoms with Crippen molar-refractivity contribution in [1.82, 2.24) is 19.3 Å². The van der Waals surface area contributed by atoms with Crippen LogP contribution in [0.5, 0.6) is 0 Å². The molecule has 0 saturated carbocycles. The van der Waals surface area contributed by atoms with E-state index in [2.05, 4.69) is 21.0 Å². The van der Waals surface area contributed by atoms with Crippen LogP contribution >= 0.6 is 0 Å². The summed E-state index contributed by atoms with van der Waals surface area (Å²) in [5.41, 5.74) is 3.45. The molecule has 0 spiro atoms. The Kier molecular flexibility index (Phi) is 4.64. The lowest BCUT2D eigenvalue weighted by molar-refractivity contribution is 0.385. The van der Waals surface area contributed by atoms with Gasteiger partial charge in [0.1, 0.15) is 6.07 Å². The van der Waals surface area contributed by atoms with Crippen LogP contribution in [0.1, 0.15) is 17.0 Å². The van der Waals surface area contributed by atoms with Gasteiger partial charge in [0.15, 0.2) is 0 Å². The number of benzene rings is 1. The number of sulfonamides is 1. The summed E-state index contributed by atoms with van der Waals surface area (Å²) in [7, 11) is -3.69. The van der Waals surface area contributed by atoms with E-state index in [0.29, 0.717) is 48.5 Å². The third-order valence-electron chi connectivity index (χ3n) is 5.12.